The molecule has 0 spiro atoms. The lowest BCUT2D eigenvalue weighted by atomic mass is 10.1. The number of carbonyl (C=O) groups is 1. The number of methoxy groups -OCH3 is 1. The average molecular weight is 407 g/mol. The van der Waals surface area contributed by atoms with Crippen LogP contribution in [0.5, 0.6) is 5.75 Å². The summed E-state index contributed by atoms with van der Waals surface area (Å²) < 4.78 is 41.6. The lowest BCUT2D eigenvalue weighted by Gasteiger charge is -2.23. The fraction of sp³-hybridized carbons (Fsp3) is 0.316. The number of hydrogen-bond acceptors (Lipinski definition) is 4. The summed E-state index contributed by atoms with van der Waals surface area (Å²) in [4.78, 5) is 16.6. The maximum Gasteiger partial charge on any atom is 0.335 e. The molecule has 0 aliphatic carbocycles. The van der Waals surface area contributed by atoms with E-state index in [1.807, 2.05) is 24.3 Å². The second kappa shape index (κ2) is 8.15. The molecule has 7 nitrogen and oxygen atoms in total. The Bertz CT molecular complexity index is 933. The van der Waals surface area contributed by atoms with Gasteiger partial charge in [0, 0.05) is 6.54 Å². The van der Waals surface area contributed by atoms with E-state index in [1.54, 1.807) is 24.1 Å². The summed E-state index contributed by atoms with van der Waals surface area (Å²) in [6.07, 6.45) is 1.58. The highest BCUT2D eigenvalue weighted by molar-refractivity contribution is 7.88. The first-order valence-corrected chi connectivity index (χ1v) is 10.6. The first kappa shape index (κ1) is 20.1. The van der Waals surface area contributed by atoms with Crippen LogP contribution in [0.1, 0.15) is 17.2 Å². The third-order valence-electron chi connectivity index (χ3n) is 4.54. The molecule has 9 heteroatoms. The van der Waals surface area contributed by atoms with E-state index in [-0.39, 0.29) is 18.4 Å². The highest BCUT2D eigenvalue weighted by Crippen LogP contribution is 2.29. The molecule has 1 aliphatic rings. The summed E-state index contributed by atoms with van der Waals surface area (Å²) in [5.74, 6) is 0.373. The Labute approximate surface area is 163 Å². The van der Waals surface area contributed by atoms with E-state index in [9.17, 15) is 17.6 Å². The number of nitrogens with one attached hydrogen (secondary N) is 1. The zero-order valence-electron chi connectivity index (χ0n) is 15.6. The molecule has 150 valence electrons. The van der Waals surface area contributed by atoms with Crippen molar-refractivity contribution >= 4 is 16.1 Å². The number of sulfonamides is 1. The predicted molar refractivity (Wildman–Crippen MR) is 103 cm³/mol. The Kier molecular flexibility index (Phi) is 5.85. The summed E-state index contributed by atoms with van der Waals surface area (Å²) in [6.45, 7) is 0.523. The molecule has 0 saturated carbocycles. The number of hydrogen-bond donors (Lipinski definition) is 1. The second-order valence-electron chi connectivity index (χ2n) is 6.62. The summed E-state index contributed by atoms with van der Waals surface area (Å²) in [6, 6.07) is 12.6. The Morgan fingerprint density at radius 1 is 1.14 bits per heavy atom. The lowest BCUT2D eigenvalue weighted by molar-refractivity contribution is 0.182. The summed E-state index contributed by atoms with van der Waals surface area (Å²) in [5.41, 5.74) is 1.75. The van der Waals surface area contributed by atoms with E-state index in [0.717, 1.165) is 28.1 Å². The van der Waals surface area contributed by atoms with Gasteiger partial charge in [-0.2, -0.15) is 0 Å². The molecule has 1 atom stereocenters. The first-order valence-electron chi connectivity index (χ1n) is 8.71. The number of urea groups is 1. The number of ether oxygens (including phenoxy) is 1. The van der Waals surface area contributed by atoms with Gasteiger partial charge in [-0.15, -0.1) is 4.83 Å². The van der Waals surface area contributed by atoms with Crippen LogP contribution in [0.3, 0.4) is 0 Å². The van der Waals surface area contributed by atoms with Crippen molar-refractivity contribution in [1.29, 1.82) is 0 Å². The van der Waals surface area contributed by atoms with E-state index in [2.05, 4.69) is 4.83 Å². The molecule has 0 bridgehead atoms. The Morgan fingerprint density at radius 3 is 2.36 bits per heavy atom. The van der Waals surface area contributed by atoms with Gasteiger partial charge in [0.1, 0.15) is 11.6 Å². The molecular weight excluding hydrogens is 385 g/mol. The standard InChI is InChI=1S/C19H22FN3O4S/c1-27-17-9-3-14(4-10-17)11-12-22-18(15-5-7-16(20)8-6-15)13-23(19(22)24)21-28(2,25)26/h3-10,18,21H,11-13H2,1-2H3. The van der Waals surface area contributed by atoms with Gasteiger partial charge in [-0.05, 0) is 41.8 Å². The van der Waals surface area contributed by atoms with Gasteiger partial charge in [0.05, 0.1) is 26.0 Å². The molecule has 1 N–H and O–H groups in total. The monoisotopic (exact) mass is 407 g/mol. The van der Waals surface area contributed by atoms with Crippen molar-refractivity contribution in [1.82, 2.24) is 14.7 Å². The van der Waals surface area contributed by atoms with Crippen LogP contribution in [0.4, 0.5) is 9.18 Å². The van der Waals surface area contributed by atoms with Crippen molar-refractivity contribution in [2.24, 2.45) is 0 Å². The summed E-state index contributed by atoms with van der Waals surface area (Å²) in [5, 5.41) is 1.08. The van der Waals surface area contributed by atoms with Crippen molar-refractivity contribution in [2.75, 3.05) is 26.5 Å². The number of rotatable bonds is 7. The molecule has 1 unspecified atom stereocenters. The van der Waals surface area contributed by atoms with E-state index >= 15 is 0 Å². The van der Waals surface area contributed by atoms with Crippen LogP contribution < -0.4 is 9.57 Å². The average Bonchev–Trinajstić information content (AvgIpc) is 2.95. The van der Waals surface area contributed by atoms with Gasteiger partial charge in [0.25, 0.3) is 0 Å². The molecule has 1 aliphatic heterocycles. The van der Waals surface area contributed by atoms with Gasteiger partial charge in [-0.3, -0.25) is 0 Å². The largest absolute Gasteiger partial charge is 0.497 e. The topological polar surface area (TPSA) is 79.0 Å². The third-order valence-corrected chi connectivity index (χ3v) is 5.09. The van der Waals surface area contributed by atoms with Gasteiger partial charge in [0.2, 0.25) is 10.0 Å². The first-order chi connectivity index (χ1) is 13.3. The van der Waals surface area contributed by atoms with Crippen LogP contribution >= 0.6 is 0 Å². The second-order valence-corrected chi connectivity index (χ2v) is 8.34. The quantitative estimate of drug-likeness (QED) is 0.764. The Balaban J connectivity index is 1.80. The molecule has 0 radical (unpaired) electrons. The lowest BCUT2D eigenvalue weighted by Crippen LogP contribution is -2.44. The molecule has 1 heterocycles. The van der Waals surface area contributed by atoms with Crippen molar-refractivity contribution in [3.05, 3.63) is 65.5 Å². The fourth-order valence-electron chi connectivity index (χ4n) is 3.18. The van der Waals surface area contributed by atoms with Gasteiger partial charge >= 0.3 is 6.03 Å². The Morgan fingerprint density at radius 2 is 1.79 bits per heavy atom. The molecule has 3 rings (SSSR count). The predicted octanol–water partition coefficient (Wildman–Crippen LogP) is 2.32. The number of hydrazine groups is 1. The number of carbonyl (C=O) groups excluding carboxylic acids is 1. The van der Waals surface area contributed by atoms with Gasteiger partial charge < -0.3 is 9.64 Å². The molecule has 2 aromatic carbocycles. The molecule has 28 heavy (non-hydrogen) atoms. The number of amides is 2. The molecule has 1 fully saturated rings. The zero-order chi connectivity index (χ0) is 20.3. The zero-order valence-corrected chi connectivity index (χ0v) is 16.4. The third kappa shape index (κ3) is 4.79. The van der Waals surface area contributed by atoms with Crippen LogP contribution in [0, 0.1) is 5.82 Å². The van der Waals surface area contributed by atoms with Gasteiger partial charge in [0.15, 0.2) is 0 Å². The van der Waals surface area contributed by atoms with E-state index in [4.69, 9.17) is 4.74 Å². The van der Waals surface area contributed by atoms with E-state index in [1.165, 1.54) is 12.1 Å². The minimum Gasteiger partial charge on any atom is -0.497 e. The van der Waals surface area contributed by atoms with Crippen LogP contribution in [0.2, 0.25) is 0 Å². The normalized spacial score (nSPS) is 17.2. The van der Waals surface area contributed by atoms with E-state index < -0.39 is 16.1 Å². The van der Waals surface area contributed by atoms with Crippen LogP contribution in [-0.4, -0.2) is 50.8 Å². The number of benzene rings is 2. The molecule has 2 amide bonds. The smallest absolute Gasteiger partial charge is 0.335 e. The van der Waals surface area contributed by atoms with Crippen LogP contribution in [-0.2, 0) is 16.4 Å². The van der Waals surface area contributed by atoms with Crippen molar-refractivity contribution in [3.8, 4) is 5.75 Å². The van der Waals surface area contributed by atoms with Crippen LogP contribution in [0.25, 0.3) is 0 Å². The van der Waals surface area contributed by atoms with Crippen molar-refractivity contribution in [3.63, 3.8) is 0 Å². The Hall–Kier alpha value is -2.65. The van der Waals surface area contributed by atoms with Crippen molar-refractivity contribution < 1.29 is 22.3 Å². The number of halogens is 1. The minimum absolute atomic E-state index is 0.139. The van der Waals surface area contributed by atoms with Gasteiger partial charge in [-0.1, -0.05) is 24.3 Å². The van der Waals surface area contributed by atoms with Gasteiger partial charge in [-0.25, -0.2) is 22.6 Å². The maximum absolute atomic E-state index is 13.3. The number of nitrogens with zero attached hydrogens (tertiary/aromatic N) is 2. The van der Waals surface area contributed by atoms with Crippen LogP contribution in [0.15, 0.2) is 48.5 Å². The highest BCUT2D eigenvalue weighted by Gasteiger charge is 2.39. The van der Waals surface area contributed by atoms with Crippen molar-refractivity contribution in [2.45, 2.75) is 12.5 Å². The fourth-order valence-corrected chi connectivity index (χ4v) is 3.73. The summed E-state index contributed by atoms with van der Waals surface area (Å²) in [7, 11) is -2.00. The minimum atomic E-state index is -3.60. The summed E-state index contributed by atoms with van der Waals surface area (Å²) >= 11 is 0. The maximum atomic E-state index is 13.3. The van der Waals surface area contributed by atoms with E-state index in [0.29, 0.717) is 13.0 Å². The SMILES string of the molecule is COc1ccc(CCN2C(=O)N(NS(C)(=O)=O)CC2c2ccc(F)cc2)cc1. The molecule has 0 aromatic heterocycles. The molecule has 1 saturated heterocycles. The molecule has 2 aromatic rings. The highest BCUT2D eigenvalue weighted by atomic mass is 32.2. The molecular formula is C19H22FN3O4S.